The van der Waals surface area contributed by atoms with E-state index in [0.29, 0.717) is 6.61 Å². The molecular weight excluding hydrogens is 204 g/mol. The maximum absolute atomic E-state index is 12.0. The quantitative estimate of drug-likeness (QED) is 0.732. The smallest absolute Gasteiger partial charge is 0.223 e. The van der Waals surface area contributed by atoms with Crippen LogP contribution in [-0.4, -0.2) is 30.7 Å². The zero-order chi connectivity index (χ0) is 11.6. The highest BCUT2D eigenvalue weighted by Gasteiger charge is 2.34. The highest BCUT2D eigenvalue weighted by atomic mass is 16.5. The molecule has 0 aromatic carbocycles. The molecule has 2 rings (SSSR count). The maximum atomic E-state index is 12.0. The molecule has 1 aliphatic heterocycles. The van der Waals surface area contributed by atoms with Crippen LogP contribution < -0.4 is 11.1 Å². The summed E-state index contributed by atoms with van der Waals surface area (Å²) in [7, 11) is 0. The Bertz CT molecular complexity index is 262. The van der Waals surface area contributed by atoms with Gasteiger partial charge in [-0.2, -0.15) is 0 Å². The van der Waals surface area contributed by atoms with E-state index in [-0.39, 0.29) is 23.4 Å². The molecule has 0 aromatic heterocycles. The summed E-state index contributed by atoms with van der Waals surface area (Å²) in [5.41, 5.74) is 5.66. The van der Waals surface area contributed by atoms with Crippen molar-refractivity contribution in [1.82, 2.24) is 5.32 Å². The molecule has 16 heavy (non-hydrogen) atoms. The zero-order valence-electron chi connectivity index (χ0n) is 10.00. The Morgan fingerprint density at radius 2 is 2.31 bits per heavy atom. The van der Waals surface area contributed by atoms with Crippen molar-refractivity contribution < 1.29 is 9.53 Å². The van der Waals surface area contributed by atoms with Gasteiger partial charge in [0.2, 0.25) is 5.91 Å². The van der Waals surface area contributed by atoms with Gasteiger partial charge in [0, 0.05) is 18.6 Å². The number of nitrogens with one attached hydrogen (secondary N) is 1. The van der Waals surface area contributed by atoms with Crippen LogP contribution in [0.3, 0.4) is 0 Å². The molecule has 0 bridgehead atoms. The van der Waals surface area contributed by atoms with Gasteiger partial charge in [0.15, 0.2) is 0 Å². The standard InChI is InChI=1S/C12H22N2O2/c1-12(5-2-6-16-8-12)14-11(15)9-3-4-10(13)7-9/h9-10H,2-8,13H2,1H3,(H,14,15). The van der Waals surface area contributed by atoms with Gasteiger partial charge >= 0.3 is 0 Å². The first-order valence-corrected chi connectivity index (χ1v) is 6.24. The second-order valence-corrected chi connectivity index (χ2v) is 5.48. The minimum atomic E-state index is -0.165. The normalized spacial score (nSPS) is 39.6. The highest BCUT2D eigenvalue weighted by molar-refractivity contribution is 5.79. The van der Waals surface area contributed by atoms with Gasteiger partial charge < -0.3 is 15.8 Å². The predicted molar refractivity (Wildman–Crippen MR) is 61.9 cm³/mol. The van der Waals surface area contributed by atoms with Crippen molar-refractivity contribution in [2.45, 2.75) is 50.6 Å². The monoisotopic (exact) mass is 226 g/mol. The van der Waals surface area contributed by atoms with Gasteiger partial charge in [0.05, 0.1) is 12.1 Å². The lowest BCUT2D eigenvalue weighted by Gasteiger charge is -2.35. The Balaban J connectivity index is 1.86. The lowest BCUT2D eigenvalue weighted by molar-refractivity contribution is -0.128. The zero-order valence-corrected chi connectivity index (χ0v) is 10.00. The fourth-order valence-corrected chi connectivity index (χ4v) is 2.69. The van der Waals surface area contributed by atoms with Crippen LogP contribution in [-0.2, 0) is 9.53 Å². The molecule has 1 saturated carbocycles. The number of hydrogen-bond donors (Lipinski definition) is 2. The van der Waals surface area contributed by atoms with E-state index in [1.165, 1.54) is 0 Å². The average molecular weight is 226 g/mol. The fourth-order valence-electron chi connectivity index (χ4n) is 2.69. The molecule has 2 fully saturated rings. The molecule has 92 valence electrons. The van der Waals surface area contributed by atoms with E-state index in [4.69, 9.17) is 10.5 Å². The van der Waals surface area contributed by atoms with Crippen LogP contribution in [0.2, 0.25) is 0 Å². The van der Waals surface area contributed by atoms with Crippen LogP contribution in [0, 0.1) is 5.92 Å². The Morgan fingerprint density at radius 1 is 1.50 bits per heavy atom. The summed E-state index contributed by atoms with van der Waals surface area (Å²) in [5, 5.41) is 3.14. The average Bonchev–Trinajstić information content (AvgIpc) is 2.65. The lowest BCUT2D eigenvalue weighted by Crippen LogP contribution is -2.53. The molecule has 0 radical (unpaired) electrons. The van der Waals surface area contributed by atoms with E-state index in [0.717, 1.165) is 38.7 Å². The van der Waals surface area contributed by atoms with E-state index < -0.39 is 0 Å². The van der Waals surface area contributed by atoms with Crippen LogP contribution in [0.15, 0.2) is 0 Å². The van der Waals surface area contributed by atoms with Crippen molar-refractivity contribution >= 4 is 5.91 Å². The summed E-state index contributed by atoms with van der Waals surface area (Å²) in [5.74, 6) is 0.287. The number of carbonyl (C=O) groups is 1. The number of amides is 1. The summed E-state index contributed by atoms with van der Waals surface area (Å²) in [6.07, 6.45) is 4.79. The Morgan fingerprint density at radius 3 is 2.88 bits per heavy atom. The van der Waals surface area contributed by atoms with Crippen LogP contribution >= 0.6 is 0 Å². The van der Waals surface area contributed by atoms with E-state index in [1.54, 1.807) is 0 Å². The summed E-state index contributed by atoms with van der Waals surface area (Å²) >= 11 is 0. The third kappa shape index (κ3) is 2.74. The van der Waals surface area contributed by atoms with Crippen LogP contribution in [0.1, 0.15) is 39.0 Å². The minimum Gasteiger partial charge on any atom is -0.379 e. The van der Waals surface area contributed by atoms with Gasteiger partial charge in [-0.15, -0.1) is 0 Å². The van der Waals surface area contributed by atoms with Gasteiger partial charge in [-0.1, -0.05) is 0 Å². The molecule has 1 heterocycles. The van der Waals surface area contributed by atoms with Crippen molar-refractivity contribution in [3.05, 3.63) is 0 Å². The first-order valence-electron chi connectivity index (χ1n) is 6.24. The third-order valence-electron chi connectivity index (χ3n) is 3.71. The lowest BCUT2D eigenvalue weighted by atomic mass is 9.93. The van der Waals surface area contributed by atoms with Gasteiger partial charge in [-0.05, 0) is 39.0 Å². The van der Waals surface area contributed by atoms with E-state index in [9.17, 15) is 4.79 Å². The molecule has 3 N–H and O–H groups in total. The van der Waals surface area contributed by atoms with Crippen molar-refractivity contribution in [2.24, 2.45) is 11.7 Å². The van der Waals surface area contributed by atoms with Gasteiger partial charge in [-0.25, -0.2) is 0 Å². The molecule has 1 saturated heterocycles. The van der Waals surface area contributed by atoms with E-state index in [2.05, 4.69) is 12.2 Å². The molecule has 0 spiro atoms. The Labute approximate surface area is 96.9 Å². The SMILES string of the molecule is CC1(NC(=O)C2CCC(N)C2)CCCOC1. The highest BCUT2D eigenvalue weighted by Crippen LogP contribution is 2.26. The maximum Gasteiger partial charge on any atom is 0.223 e. The number of nitrogens with two attached hydrogens (primary N) is 1. The predicted octanol–water partition coefficient (Wildman–Crippen LogP) is 0.799. The third-order valence-corrected chi connectivity index (χ3v) is 3.71. The number of hydrogen-bond acceptors (Lipinski definition) is 3. The largest absolute Gasteiger partial charge is 0.379 e. The molecule has 1 amide bonds. The van der Waals surface area contributed by atoms with Gasteiger partial charge in [-0.3, -0.25) is 4.79 Å². The van der Waals surface area contributed by atoms with Gasteiger partial charge in [0.25, 0.3) is 0 Å². The number of carbonyl (C=O) groups excluding carboxylic acids is 1. The van der Waals surface area contributed by atoms with E-state index >= 15 is 0 Å². The van der Waals surface area contributed by atoms with Crippen molar-refractivity contribution in [3.8, 4) is 0 Å². The van der Waals surface area contributed by atoms with Crippen molar-refractivity contribution in [1.29, 1.82) is 0 Å². The number of rotatable bonds is 2. The topological polar surface area (TPSA) is 64.4 Å². The Hall–Kier alpha value is -0.610. The molecule has 0 aromatic rings. The molecule has 1 aliphatic carbocycles. The first kappa shape index (κ1) is 11.9. The van der Waals surface area contributed by atoms with E-state index in [1.807, 2.05) is 0 Å². The molecule has 4 heteroatoms. The summed E-state index contributed by atoms with van der Waals surface area (Å²) in [6, 6.07) is 0.214. The molecular formula is C12H22N2O2. The second-order valence-electron chi connectivity index (χ2n) is 5.48. The number of ether oxygens (including phenoxy) is 1. The molecule has 4 nitrogen and oxygen atoms in total. The molecule has 2 aliphatic rings. The summed E-state index contributed by atoms with van der Waals surface area (Å²) in [4.78, 5) is 12.0. The van der Waals surface area contributed by atoms with Gasteiger partial charge in [0.1, 0.15) is 0 Å². The van der Waals surface area contributed by atoms with Crippen LogP contribution in [0.5, 0.6) is 0 Å². The second kappa shape index (κ2) is 4.72. The molecule has 3 atom stereocenters. The van der Waals surface area contributed by atoms with Crippen LogP contribution in [0.4, 0.5) is 0 Å². The van der Waals surface area contributed by atoms with Crippen molar-refractivity contribution in [2.75, 3.05) is 13.2 Å². The molecule has 3 unspecified atom stereocenters. The van der Waals surface area contributed by atoms with Crippen molar-refractivity contribution in [3.63, 3.8) is 0 Å². The van der Waals surface area contributed by atoms with Crippen LogP contribution in [0.25, 0.3) is 0 Å². The summed E-state index contributed by atoms with van der Waals surface area (Å²) < 4.78 is 5.43. The first-order chi connectivity index (χ1) is 7.59. The minimum absolute atomic E-state index is 0.119. The Kier molecular flexibility index (Phi) is 3.50. The fraction of sp³-hybridized carbons (Fsp3) is 0.917. The summed E-state index contributed by atoms with van der Waals surface area (Å²) in [6.45, 7) is 3.52.